The monoisotopic (exact) mass is 393 g/mol. The molecule has 0 saturated carbocycles. The zero-order valence-electron chi connectivity index (χ0n) is 16.5. The minimum Gasteiger partial charge on any atom is -0.493 e. The summed E-state index contributed by atoms with van der Waals surface area (Å²) in [5.41, 5.74) is 4.22. The third-order valence-electron chi connectivity index (χ3n) is 4.64. The van der Waals surface area contributed by atoms with Crippen LogP contribution in [0.1, 0.15) is 45.2 Å². The maximum absolute atomic E-state index is 12.8. The highest BCUT2D eigenvalue weighted by molar-refractivity contribution is 5.93. The second-order valence-corrected chi connectivity index (χ2v) is 7.13. The maximum Gasteiger partial charge on any atom is 0.305 e. The van der Waals surface area contributed by atoms with Crippen LogP contribution < -0.4 is 5.32 Å². The molecule has 1 unspecified atom stereocenters. The van der Waals surface area contributed by atoms with Crippen molar-refractivity contribution >= 4 is 11.9 Å². The topological polar surface area (TPSA) is 104 Å². The highest BCUT2D eigenvalue weighted by Crippen LogP contribution is 2.23. The third kappa shape index (κ3) is 4.63. The molecule has 2 aromatic carbocycles. The average molecular weight is 393 g/mol. The number of carbonyl (C=O) groups is 2. The SMILES string of the molecule is Cc1cccc(C(CC(=O)O)NC(=O)c2cc(O)n(-c3cc(C)ccc3C)n2)c1. The van der Waals surface area contributed by atoms with Gasteiger partial charge in [0.1, 0.15) is 0 Å². The van der Waals surface area contributed by atoms with Gasteiger partial charge in [-0.3, -0.25) is 9.59 Å². The number of nitrogens with one attached hydrogen (secondary N) is 1. The summed E-state index contributed by atoms with van der Waals surface area (Å²) in [7, 11) is 0. The Balaban J connectivity index is 1.89. The lowest BCUT2D eigenvalue weighted by molar-refractivity contribution is -0.137. The number of carboxylic acids is 1. The smallest absolute Gasteiger partial charge is 0.305 e. The van der Waals surface area contributed by atoms with Crippen LogP contribution in [0, 0.1) is 20.8 Å². The van der Waals surface area contributed by atoms with E-state index in [9.17, 15) is 19.8 Å². The second-order valence-electron chi connectivity index (χ2n) is 7.13. The molecule has 1 aromatic heterocycles. The van der Waals surface area contributed by atoms with Crippen LogP contribution in [0.3, 0.4) is 0 Å². The first-order chi connectivity index (χ1) is 13.7. The number of aliphatic carboxylic acids is 1. The van der Waals surface area contributed by atoms with Gasteiger partial charge in [0.2, 0.25) is 5.88 Å². The Bertz CT molecular complexity index is 1070. The van der Waals surface area contributed by atoms with E-state index in [1.165, 1.54) is 10.7 Å². The molecule has 3 N–H and O–H groups in total. The Morgan fingerprint density at radius 2 is 1.79 bits per heavy atom. The van der Waals surface area contributed by atoms with Gasteiger partial charge in [0.15, 0.2) is 5.69 Å². The number of benzene rings is 2. The summed E-state index contributed by atoms with van der Waals surface area (Å²) in [5.74, 6) is -1.76. The van der Waals surface area contributed by atoms with Gasteiger partial charge in [-0.25, -0.2) is 4.68 Å². The van der Waals surface area contributed by atoms with Gasteiger partial charge in [-0.2, -0.15) is 5.10 Å². The minimum absolute atomic E-state index is 0.00597. The van der Waals surface area contributed by atoms with E-state index in [2.05, 4.69) is 10.4 Å². The number of aromatic hydroxyl groups is 1. The van der Waals surface area contributed by atoms with Crippen molar-refractivity contribution in [2.24, 2.45) is 0 Å². The van der Waals surface area contributed by atoms with E-state index in [1.54, 1.807) is 6.07 Å². The number of nitrogens with zero attached hydrogens (tertiary/aromatic N) is 2. The quantitative estimate of drug-likeness (QED) is 0.595. The molecule has 1 atom stereocenters. The Morgan fingerprint density at radius 3 is 2.48 bits per heavy atom. The van der Waals surface area contributed by atoms with E-state index in [-0.39, 0.29) is 18.0 Å². The van der Waals surface area contributed by atoms with Gasteiger partial charge in [0.25, 0.3) is 5.91 Å². The van der Waals surface area contributed by atoms with E-state index in [1.807, 2.05) is 57.2 Å². The van der Waals surface area contributed by atoms with Crippen LogP contribution in [0.15, 0.2) is 48.5 Å². The molecular weight excluding hydrogens is 370 g/mol. The Hall–Kier alpha value is -3.61. The molecule has 0 radical (unpaired) electrons. The highest BCUT2D eigenvalue weighted by Gasteiger charge is 2.22. The summed E-state index contributed by atoms with van der Waals surface area (Å²) in [6.45, 7) is 5.71. The van der Waals surface area contributed by atoms with Crippen LogP contribution in [0.2, 0.25) is 0 Å². The zero-order chi connectivity index (χ0) is 21.1. The molecule has 0 aliphatic rings. The van der Waals surface area contributed by atoms with Crippen molar-refractivity contribution < 1.29 is 19.8 Å². The molecule has 7 heteroatoms. The van der Waals surface area contributed by atoms with Crippen LogP contribution >= 0.6 is 0 Å². The fourth-order valence-corrected chi connectivity index (χ4v) is 3.15. The fourth-order valence-electron chi connectivity index (χ4n) is 3.15. The number of hydrogen-bond donors (Lipinski definition) is 3. The number of hydrogen-bond acceptors (Lipinski definition) is 4. The molecule has 7 nitrogen and oxygen atoms in total. The van der Waals surface area contributed by atoms with Crippen molar-refractivity contribution in [2.45, 2.75) is 33.2 Å². The fraction of sp³-hybridized carbons (Fsp3) is 0.227. The van der Waals surface area contributed by atoms with Crippen molar-refractivity contribution in [1.82, 2.24) is 15.1 Å². The van der Waals surface area contributed by atoms with Crippen LogP contribution in [0.5, 0.6) is 5.88 Å². The first-order valence-electron chi connectivity index (χ1n) is 9.20. The van der Waals surface area contributed by atoms with Crippen molar-refractivity contribution in [3.63, 3.8) is 0 Å². The number of amides is 1. The van der Waals surface area contributed by atoms with E-state index in [0.29, 0.717) is 11.3 Å². The highest BCUT2D eigenvalue weighted by atomic mass is 16.4. The van der Waals surface area contributed by atoms with E-state index < -0.39 is 17.9 Å². The molecule has 150 valence electrons. The Morgan fingerprint density at radius 1 is 1.07 bits per heavy atom. The number of carboxylic acid groups (broad SMARTS) is 1. The van der Waals surface area contributed by atoms with E-state index in [0.717, 1.165) is 16.7 Å². The number of aryl methyl sites for hydroxylation is 3. The molecule has 0 aliphatic heterocycles. The normalized spacial score (nSPS) is 11.8. The average Bonchev–Trinajstić information content (AvgIpc) is 3.04. The molecule has 0 spiro atoms. The van der Waals surface area contributed by atoms with E-state index >= 15 is 0 Å². The molecule has 0 fully saturated rings. The van der Waals surface area contributed by atoms with Crippen LogP contribution in [0.4, 0.5) is 0 Å². The molecule has 1 heterocycles. The van der Waals surface area contributed by atoms with Crippen LogP contribution in [-0.2, 0) is 4.79 Å². The van der Waals surface area contributed by atoms with Crippen molar-refractivity contribution in [1.29, 1.82) is 0 Å². The summed E-state index contributed by atoms with van der Waals surface area (Å²) in [4.78, 5) is 24.0. The minimum atomic E-state index is -1.03. The molecule has 0 saturated heterocycles. The van der Waals surface area contributed by atoms with Gasteiger partial charge in [0, 0.05) is 6.07 Å². The second kappa shape index (κ2) is 8.18. The summed E-state index contributed by atoms with van der Waals surface area (Å²) >= 11 is 0. The van der Waals surface area contributed by atoms with Crippen molar-refractivity contribution in [3.05, 3.63) is 76.5 Å². The maximum atomic E-state index is 12.8. The molecule has 3 rings (SSSR count). The van der Waals surface area contributed by atoms with Crippen LogP contribution in [0.25, 0.3) is 5.69 Å². The molecular formula is C22H23N3O4. The largest absolute Gasteiger partial charge is 0.493 e. The molecule has 0 aliphatic carbocycles. The summed E-state index contributed by atoms with van der Waals surface area (Å²) in [6, 6.07) is 13.6. The molecule has 0 bridgehead atoms. The van der Waals surface area contributed by atoms with E-state index in [4.69, 9.17) is 0 Å². The molecule has 1 amide bonds. The first kappa shape index (κ1) is 20.1. The lowest BCUT2D eigenvalue weighted by atomic mass is 10.0. The van der Waals surface area contributed by atoms with Gasteiger partial charge >= 0.3 is 5.97 Å². The lowest BCUT2D eigenvalue weighted by Gasteiger charge is -2.17. The van der Waals surface area contributed by atoms with Gasteiger partial charge in [-0.05, 0) is 43.5 Å². The third-order valence-corrected chi connectivity index (χ3v) is 4.64. The summed E-state index contributed by atoms with van der Waals surface area (Å²) in [5, 5.41) is 26.5. The number of aromatic nitrogens is 2. The Labute approximate surface area is 168 Å². The van der Waals surface area contributed by atoms with Crippen molar-refractivity contribution in [2.75, 3.05) is 0 Å². The zero-order valence-corrected chi connectivity index (χ0v) is 16.5. The van der Waals surface area contributed by atoms with Crippen LogP contribution in [-0.4, -0.2) is 31.9 Å². The standard InChI is InChI=1S/C22H23N3O4/c1-13-5-4-6-16(9-13)17(12-21(27)28)23-22(29)18-11-20(26)25(24-18)19-10-14(2)7-8-15(19)3/h4-11,17,26H,12H2,1-3H3,(H,23,29)(H,27,28). The lowest BCUT2D eigenvalue weighted by Crippen LogP contribution is -2.30. The molecule has 29 heavy (non-hydrogen) atoms. The number of rotatable bonds is 6. The summed E-state index contributed by atoms with van der Waals surface area (Å²) in [6.07, 6.45) is -0.265. The van der Waals surface area contributed by atoms with Gasteiger partial charge in [0.05, 0.1) is 18.2 Å². The van der Waals surface area contributed by atoms with Gasteiger partial charge in [-0.15, -0.1) is 0 Å². The molecule has 3 aromatic rings. The van der Waals surface area contributed by atoms with Gasteiger partial charge < -0.3 is 15.5 Å². The Kier molecular flexibility index (Phi) is 5.68. The van der Waals surface area contributed by atoms with Crippen molar-refractivity contribution in [3.8, 4) is 11.6 Å². The summed E-state index contributed by atoms with van der Waals surface area (Å²) < 4.78 is 1.30. The number of carbonyl (C=O) groups excluding carboxylic acids is 1. The predicted octanol–water partition coefficient (Wildman–Crippen LogP) is 3.45. The first-order valence-corrected chi connectivity index (χ1v) is 9.20. The van der Waals surface area contributed by atoms with Gasteiger partial charge in [-0.1, -0.05) is 42.0 Å². The predicted molar refractivity (Wildman–Crippen MR) is 108 cm³/mol.